The summed E-state index contributed by atoms with van der Waals surface area (Å²) >= 11 is 6.54. The Morgan fingerprint density at radius 1 is 1.21 bits per heavy atom. The maximum atomic E-state index is 12.6. The van der Waals surface area contributed by atoms with Crippen molar-refractivity contribution in [2.45, 2.75) is 26.4 Å². The van der Waals surface area contributed by atoms with E-state index in [0.717, 1.165) is 27.8 Å². The molecule has 0 aliphatic carbocycles. The highest BCUT2D eigenvalue weighted by atomic mass is 35.5. The lowest BCUT2D eigenvalue weighted by Crippen LogP contribution is -2.33. The number of hydrogen-bond donors (Lipinski definition) is 2. The first-order chi connectivity index (χ1) is 13.6. The lowest BCUT2D eigenvalue weighted by molar-refractivity contribution is -0.0589. The SMILES string of the molecule is COc1nc(N(C)C)ccc1-c1cc2c(C(=O)NOC(C)(C)C)c[nH]c2cc1Cl. The van der Waals surface area contributed by atoms with Crippen LogP contribution in [0.2, 0.25) is 5.02 Å². The first-order valence-corrected chi connectivity index (χ1v) is 9.50. The van der Waals surface area contributed by atoms with Gasteiger partial charge in [-0.15, -0.1) is 0 Å². The summed E-state index contributed by atoms with van der Waals surface area (Å²) in [6.45, 7) is 5.57. The summed E-state index contributed by atoms with van der Waals surface area (Å²) in [5.74, 6) is 0.881. The second-order valence-electron chi connectivity index (χ2n) is 7.85. The van der Waals surface area contributed by atoms with E-state index in [9.17, 15) is 4.79 Å². The van der Waals surface area contributed by atoms with E-state index in [0.29, 0.717) is 16.5 Å². The van der Waals surface area contributed by atoms with Gasteiger partial charge in [0.05, 0.1) is 23.3 Å². The predicted octanol–water partition coefficient (Wildman–Crippen LogP) is 4.42. The number of nitrogens with zero attached hydrogens (tertiary/aromatic N) is 2. The van der Waals surface area contributed by atoms with Crippen molar-refractivity contribution in [1.82, 2.24) is 15.4 Å². The standard InChI is InChI=1S/C21H25ClN4O3/c1-21(2,3)29-25-19(27)15-11-23-17-10-16(22)13(9-14(15)17)12-7-8-18(26(4)5)24-20(12)28-6/h7-11,23H,1-6H3,(H,25,27). The fraction of sp³-hybridized carbons (Fsp3) is 0.333. The first kappa shape index (κ1) is 21.0. The van der Waals surface area contributed by atoms with Crippen molar-refractivity contribution in [3.05, 3.63) is 41.0 Å². The predicted molar refractivity (Wildman–Crippen MR) is 116 cm³/mol. The topological polar surface area (TPSA) is 79.5 Å². The Hall–Kier alpha value is -2.77. The van der Waals surface area contributed by atoms with Gasteiger partial charge in [0.25, 0.3) is 5.91 Å². The minimum atomic E-state index is -0.497. The van der Waals surface area contributed by atoms with Crippen LogP contribution in [0.5, 0.6) is 5.88 Å². The maximum absolute atomic E-state index is 12.6. The highest BCUT2D eigenvalue weighted by molar-refractivity contribution is 6.34. The quantitative estimate of drug-likeness (QED) is 0.602. The van der Waals surface area contributed by atoms with E-state index >= 15 is 0 Å². The smallest absolute Gasteiger partial charge is 0.277 e. The molecule has 0 aliphatic heterocycles. The number of pyridine rings is 1. The van der Waals surface area contributed by atoms with Gasteiger partial charge in [-0.2, -0.15) is 4.98 Å². The molecule has 3 aromatic rings. The second-order valence-corrected chi connectivity index (χ2v) is 8.25. The molecule has 7 nitrogen and oxygen atoms in total. The van der Waals surface area contributed by atoms with Crippen LogP contribution < -0.4 is 15.1 Å². The molecule has 0 saturated heterocycles. The average Bonchev–Trinajstić information content (AvgIpc) is 3.07. The Kier molecular flexibility index (Phi) is 5.73. The number of aromatic nitrogens is 2. The fourth-order valence-electron chi connectivity index (χ4n) is 2.83. The van der Waals surface area contributed by atoms with Gasteiger partial charge < -0.3 is 14.6 Å². The van der Waals surface area contributed by atoms with Gasteiger partial charge in [-0.1, -0.05) is 11.6 Å². The number of aromatic amines is 1. The molecule has 0 unspecified atom stereocenters. The van der Waals surface area contributed by atoms with E-state index in [4.69, 9.17) is 21.2 Å². The summed E-state index contributed by atoms with van der Waals surface area (Å²) < 4.78 is 5.49. The molecule has 3 rings (SSSR count). The van der Waals surface area contributed by atoms with Gasteiger partial charge in [0.15, 0.2) is 0 Å². The van der Waals surface area contributed by atoms with E-state index in [1.54, 1.807) is 19.4 Å². The molecular formula is C21H25ClN4O3. The Morgan fingerprint density at radius 2 is 1.93 bits per heavy atom. The van der Waals surface area contributed by atoms with Crippen LogP contribution in [0.25, 0.3) is 22.0 Å². The molecule has 8 heteroatoms. The third kappa shape index (κ3) is 4.46. The Bertz CT molecular complexity index is 1050. The highest BCUT2D eigenvalue weighted by Crippen LogP contribution is 2.38. The number of hydrogen-bond acceptors (Lipinski definition) is 5. The largest absolute Gasteiger partial charge is 0.480 e. The normalized spacial score (nSPS) is 11.6. The van der Waals surface area contributed by atoms with Crippen LogP contribution in [-0.4, -0.2) is 42.7 Å². The number of H-pyrrole nitrogens is 1. The van der Waals surface area contributed by atoms with Gasteiger partial charge in [-0.25, -0.2) is 5.48 Å². The van der Waals surface area contributed by atoms with Crippen LogP contribution in [0.1, 0.15) is 31.1 Å². The van der Waals surface area contributed by atoms with E-state index < -0.39 is 5.60 Å². The molecule has 0 saturated carbocycles. The average molecular weight is 417 g/mol. The molecule has 0 spiro atoms. The monoisotopic (exact) mass is 416 g/mol. The van der Waals surface area contributed by atoms with Crippen molar-refractivity contribution in [3.63, 3.8) is 0 Å². The molecule has 0 radical (unpaired) electrons. The number of rotatable bonds is 5. The number of carbonyl (C=O) groups excluding carboxylic acids is 1. The van der Waals surface area contributed by atoms with Gasteiger partial charge in [-0.05, 0) is 45.0 Å². The van der Waals surface area contributed by atoms with Crippen molar-refractivity contribution in [2.24, 2.45) is 0 Å². The number of anilines is 1. The number of ether oxygens (including phenoxy) is 1. The number of amides is 1. The Balaban J connectivity index is 2.06. The van der Waals surface area contributed by atoms with Gasteiger partial charge >= 0.3 is 0 Å². The van der Waals surface area contributed by atoms with Gasteiger partial charge in [-0.3, -0.25) is 9.63 Å². The zero-order chi connectivity index (χ0) is 21.3. The summed E-state index contributed by atoms with van der Waals surface area (Å²) in [6.07, 6.45) is 1.64. The molecule has 29 heavy (non-hydrogen) atoms. The molecule has 0 aliphatic rings. The third-order valence-corrected chi connectivity index (χ3v) is 4.56. The molecule has 2 heterocycles. The summed E-state index contributed by atoms with van der Waals surface area (Å²) in [5.41, 5.74) is 4.67. The van der Waals surface area contributed by atoms with Gasteiger partial charge in [0.1, 0.15) is 5.82 Å². The number of fused-ring (bicyclic) bond motifs is 1. The van der Waals surface area contributed by atoms with Crippen LogP contribution in [-0.2, 0) is 4.84 Å². The van der Waals surface area contributed by atoms with E-state index in [1.165, 1.54) is 0 Å². The van der Waals surface area contributed by atoms with E-state index in [2.05, 4.69) is 15.4 Å². The lowest BCUT2D eigenvalue weighted by atomic mass is 10.0. The Labute approximate surface area is 174 Å². The van der Waals surface area contributed by atoms with E-state index in [1.807, 2.05) is 58.0 Å². The number of halogens is 1. The molecule has 0 atom stereocenters. The fourth-order valence-corrected chi connectivity index (χ4v) is 3.10. The third-order valence-electron chi connectivity index (χ3n) is 4.25. The number of hydroxylamine groups is 1. The second kappa shape index (κ2) is 7.93. The van der Waals surface area contributed by atoms with Crippen LogP contribution in [0.3, 0.4) is 0 Å². The molecule has 2 N–H and O–H groups in total. The van der Waals surface area contributed by atoms with Gasteiger partial charge in [0.2, 0.25) is 5.88 Å². The van der Waals surface area contributed by atoms with Crippen LogP contribution in [0.15, 0.2) is 30.5 Å². The zero-order valence-corrected chi connectivity index (χ0v) is 18.1. The maximum Gasteiger partial charge on any atom is 0.277 e. The molecule has 1 amide bonds. The molecule has 1 aromatic carbocycles. The molecule has 2 aromatic heterocycles. The first-order valence-electron chi connectivity index (χ1n) is 9.12. The van der Waals surface area contributed by atoms with Crippen LogP contribution >= 0.6 is 11.6 Å². The van der Waals surface area contributed by atoms with E-state index in [-0.39, 0.29) is 5.91 Å². The highest BCUT2D eigenvalue weighted by Gasteiger charge is 2.19. The van der Waals surface area contributed by atoms with Crippen molar-refractivity contribution in [2.75, 3.05) is 26.1 Å². The number of carbonyl (C=O) groups is 1. The summed E-state index contributed by atoms with van der Waals surface area (Å²) in [4.78, 5) is 27.5. The summed E-state index contributed by atoms with van der Waals surface area (Å²) in [5, 5.41) is 1.24. The molecule has 0 fully saturated rings. The van der Waals surface area contributed by atoms with Crippen LogP contribution in [0, 0.1) is 0 Å². The van der Waals surface area contributed by atoms with Crippen molar-refractivity contribution >= 4 is 34.2 Å². The van der Waals surface area contributed by atoms with Crippen molar-refractivity contribution < 1.29 is 14.4 Å². The van der Waals surface area contributed by atoms with Crippen molar-refractivity contribution in [3.8, 4) is 17.0 Å². The van der Waals surface area contributed by atoms with Gasteiger partial charge in [0, 0.05) is 42.3 Å². The number of benzene rings is 1. The zero-order valence-electron chi connectivity index (χ0n) is 17.4. The number of nitrogens with one attached hydrogen (secondary N) is 2. The molecule has 154 valence electrons. The van der Waals surface area contributed by atoms with Crippen LogP contribution in [0.4, 0.5) is 5.82 Å². The molecule has 0 bridgehead atoms. The molecular weight excluding hydrogens is 392 g/mol. The lowest BCUT2D eigenvalue weighted by Gasteiger charge is -2.18. The minimum absolute atomic E-state index is 0.340. The minimum Gasteiger partial charge on any atom is -0.480 e. The van der Waals surface area contributed by atoms with Crippen molar-refractivity contribution in [1.29, 1.82) is 0 Å². The summed E-state index contributed by atoms with van der Waals surface area (Å²) in [7, 11) is 5.38. The Morgan fingerprint density at radius 3 is 2.55 bits per heavy atom. The summed E-state index contributed by atoms with van der Waals surface area (Å²) in [6, 6.07) is 7.44. The number of methoxy groups -OCH3 is 1.